The van der Waals surface area contributed by atoms with Gasteiger partial charge in [0.05, 0.1) is 5.92 Å². The molecule has 1 aromatic heterocycles. The maximum absolute atomic E-state index is 5.67. The summed E-state index contributed by atoms with van der Waals surface area (Å²) in [5.74, 6) is 1.73. The van der Waals surface area contributed by atoms with Gasteiger partial charge < -0.3 is 14.6 Å². The van der Waals surface area contributed by atoms with E-state index in [9.17, 15) is 0 Å². The summed E-state index contributed by atoms with van der Waals surface area (Å²) in [5, 5.41) is 7.48. The van der Waals surface area contributed by atoms with Gasteiger partial charge in [-0.05, 0) is 40.7 Å². The molecule has 0 spiro atoms. The standard InChI is InChI=1S/C14H25N3O2/c1-5-18-14(2,3)13-16-12(19-17-13)10-8-6-7-9-11(10)15-4/h10-11,15H,5-9H2,1-4H3. The van der Waals surface area contributed by atoms with Crippen LogP contribution in [-0.2, 0) is 10.3 Å². The Balaban J connectivity index is 2.15. The largest absolute Gasteiger partial charge is 0.368 e. The zero-order valence-electron chi connectivity index (χ0n) is 12.4. The molecule has 1 saturated carbocycles. The van der Waals surface area contributed by atoms with Crippen molar-refractivity contribution in [2.45, 2.75) is 64.0 Å². The topological polar surface area (TPSA) is 60.2 Å². The third-order valence-corrected chi connectivity index (χ3v) is 3.94. The quantitative estimate of drug-likeness (QED) is 0.888. The van der Waals surface area contributed by atoms with Gasteiger partial charge in [0.25, 0.3) is 0 Å². The van der Waals surface area contributed by atoms with Crippen LogP contribution in [0.2, 0.25) is 0 Å². The van der Waals surface area contributed by atoms with Crippen LogP contribution in [0.4, 0.5) is 0 Å². The van der Waals surface area contributed by atoms with E-state index in [-0.39, 0.29) is 0 Å². The maximum Gasteiger partial charge on any atom is 0.231 e. The highest BCUT2D eigenvalue weighted by Crippen LogP contribution is 2.33. The minimum absolute atomic E-state index is 0.331. The molecule has 0 bridgehead atoms. The van der Waals surface area contributed by atoms with Crippen molar-refractivity contribution in [3.63, 3.8) is 0 Å². The molecule has 0 aromatic carbocycles. The van der Waals surface area contributed by atoms with Crippen molar-refractivity contribution in [1.29, 1.82) is 0 Å². The average molecular weight is 267 g/mol. The summed E-state index contributed by atoms with van der Waals surface area (Å²) in [6.45, 7) is 6.56. The number of hydrogen-bond donors (Lipinski definition) is 1. The van der Waals surface area contributed by atoms with Crippen LogP contribution in [0.25, 0.3) is 0 Å². The number of hydrogen-bond acceptors (Lipinski definition) is 5. The van der Waals surface area contributed by atoms with Crippen molar-refractivity contribution < 1.29 is 9.26 Å². The summed E-state index contributed by atoms with van der Waals surface area (Å²) in [4.78, 5) is 4.58. The number of likely N-dealkylation sites (N-methyl/N-ethyl adjacent to an activating group) is 1. The zero-order valence-corrected chi connectivity index (χ0v) is 12.4. The van der Waals surface area contributed by atoms with Gasteiger partial charge in [-0.15, -0.1) is 0 Å². The maximum atomic E-state index is 5.67. The van der Waals surface area contributed by atoms with Crippen molar-refractivity contribution in [3.8, 4) is 0 Å². The minimum atomic E-state index is -0.486. The second-order valence-electron chi connectivity index (χ2n) is 5.69. The Bertz CT molecular complexity index is 403. The molecule has 1 aromatic rings. The number of rotatable bonds is 5. The molecule has 2 unspecified atom stereocenters. The van der Waals surface area contributed by atoms with Crippen LogP contribution in [0.15, 0.2) is 4.52 Å². The predicted octanol–water partition coefficient (Wildman–Crippen LogP) is 2.59. The highest BCUT2D eigenvalue weighted by atomic mass is 16.5. The lowest BCUT2D eigenvalue weighted by molar-refractivity contribution is -0.0221. The fraction of sp³-hybridized carbons (Fsp3) is 0.857. The van der Waals surface area contributed by atoms with Crippen LogP contribution in [0.5, 0.6) is 0 Å². The first-order chi connectivity index (χ1) is 9.08. The fourth-order valence-corrected chi connectivity index (χ4v) is 2.83. The molecule has 1 aliphatic rings. The lowest BCUT2D eigenvalue weighted by Crippen LogP contribution is -2.34. The van der Waals surface area contributed by atoms with Crippen molar-refractivity contribution >= 4 is 0 Å². The van der Waals surface area contributed by atoms with Gasteiger partial charge >= 0.3 is 0 Å². The lowest BCUT2D eigenvalue weighted by Gasteiger charge is -2.28. The number of nitrogens with zero attached hydrogens (tertiary/aromatic N) is 2. The van der Waals surface area contributed by atoms with Crippen LogP contribution in [-0.4, -0.2) is 29.8 Å². The monoisotopic (exact) mass is 267 g/mol. The van der Waals surface area contributed by atoms with Crippen molar-refractivity contribution in [2.24, 2.45) is 0 Å². The zero-order chi connectivity index (χ0) is 13.9. The highest BCUT2D eigenvalue weighted by molar-refractivity contribution is 5.04. The Labute approximate surface area is 115 Å². The Morgan fingerprint density at radius 2 is 2.11 bits per heavy atom. The molecule has 19 heavy (non-hydrogen) atoms. The highest BCUT2D eigenvalue weighted by Gasteiger charge is 2.33. The molecule has 108 valence electrons. The van der Waals surface area contributed by atoms with Crippen LogP contribution in [0, 0.1) is 0 Å². The van der Waals surface area contributed by atoms with E-state index >= 15 is 0 Å². The van der Waals surface area contributed by atoms with Gasteiger partial charge in [-0.2, -0.15) is 4.98 Å². The Morgan fingerprint density at radius 1 is 1.37 bits per heavy atom. The molecule has 0 aliphatic heterocycles. The fourth-order valence-electron chi connectivity index (χ4n) is 2.83. The predicted molar refractivity (Wildman–Crippen MR) is 73.0 cm³/mol. The lowest BCUT2D eigenvalue weighted by atomic mass is 9.84. The summed E-state index contributed by atoms with van der Waals surface area (Å²) in [6.07, 6.45) is 4.79. The molecular formula is C14H25N3O2. The molecule has 1 heterocycles. The number of nitrogens with one attached hydrogen (secondary N) is 1. The summed E-state index contributed by atoms with van der Waals surface area (Å²) < 4.78 is 11.2. The van der Waals surface area contributed by atoms with Gasteiger partial charge in [0.15, 0.2) is 0 Å². The molecule has 2 rings (SSSR count). The SMILES string of the molecule is CCOC(C)(C)c1noc(C2CCCCC2NC)n1. The number of ether oxygens (including phenoxy) is 1. The first-order valence-electron chi connectivity index (χ1n) is 7.23. The average Bonchev–Trinajstić information content (AvgIpc) is 2.89. The third kappa shape index (κ3) is 3.15. The summed E-state index contributed by atoms with van der Waals surface area (Å²) in [5.41, 5.74) is -0.486. The first kappa shape index (κ1) is 14.5. The van der Waals surface area contributed by atoms with Gasteiger partial charge in [0, 0.05) is 12.6 Å². The van der Waals surface area contributed by atoms with E-state index in [1.54, 1.807) is 0 Å². The number of aromatic nitrogens is 2. The Hall–Kier alpha value is -0.940. The molecule has 0 saturated heterocycles. The smallest absolute Gasteiger partial charge is 0.231 e. The molecular weight excluding hydrogens is 242 g/mol. The van der Waals surface area contributed by atoms with Crippen LogP contribution in [0.1, 0.15) is 64.1 Å². The van der Waals surface area contributed by atoms with Crippen LogP contribution >= 0.6 is 0 Å². The van der Waals surface area contributed by atoms with Crippen LogP contribution in [0.3, 0.4) is 0 Å². The Kier molecular flexibility index (Phi) is 4.58. The molecule has 5 heteroatoms. The van der Waals surface area contributed by atoms with Gasteiger partial charge in [0.1, 0.15) is 5.60 Å². The van der Waals surface area contributed by atoms with Crippen molar-refractivity contribution in [3.05, 3.63) is 11.7 Å². The van der Waals surface area contributed by atoms with Gasteiger partial charge in [0.2, 0.25) is 11.7 Å². The molecule has 0 radical (unpaired) electrons. The normalized spacial score (nSPS) is 24.6. The first-order valence-corrected chi connectivity index (χ1v) is 7.23. The second-order valence-corrected chi connectivity index (χ2v) is 5.69. The molecule has 1 aliphatic carbocycles. The van der Waals surface area contributed by atoms with Crippen molar-refractivity contribution in [1.82, 2.24) is 15.5 Å². The molecule has 2 atom stereocenters. The summed E-state index contributed by atoms with van der Waals surface area (Å²) >= 11 is 0. The summed E-state index contributed by atoms with van der Waals surface area (Å²) in [7, 11) is 2.00. The van der Waals surface area contributed by atoms with Gasteiger partial charge in [-0.3, -0.25) is 0 Å². The third-order valence-electron chi connectivity index (χ3n) is 3.94. The molecule has 0 amide bonds. The van der Waals surface area contributed by atoms with Gasteiger partial charge in [-0.25, -0.2) is 0 Å². The van der Waals surface area contributed by atoms with E-state index in [4.69, 9.17) is 9.26 Å². The Morgan fingerprint density at radius 3 is 2.79 bits per heavy atom. The van der Waals surface area contributed by atoms with E-state index in [2.05, 4.69) is 15.5 Å². The van der Waals surface area contributed by atoms with E-state index in [0.29, 0.717) is 24.4 Å². The summed E-state index contributed by atoms with van der Waals surface area (Å²) in [6, 6.07) is 0.442. The molecule has 5 nitrogen and oxygen atoms in total. The minimum Gasteiger partial charge on any atom is -0.368 e. The second kappa shape index (κ2) is 6.01. The van der Waals surface area contributed by atoms with Crippen molar-refractivity contribution in [2.75, 3.05) is 13.7 Å². The van der Waals surface area contributed by atoms with Crippen LogP contribution < -0.4 is 5.32 Å². The molecule has 1 N–H and O–H groups in total. The van der Waals surface area contributed by atoms with E-state index in [1.165, 1.54) is 19.3 Å². The van der Waals surface area contributed by atoms with E-state index in [1.807, 2.05) is 27.8 Å². The molecule has 1 fully saturated rings. The van der Waals surface area contributed by atoms with Gasteiger partial charge in [-0.1, -0.05) is 18.0 Å². The van der Waals surface area contributed by atoms with E-state index in [0.717, 1.165) is 12.3 Å². The van der Waals surface area contributed by atoms with E-state index < -0.39 is 5.60 Å².